The maximum absolute atomic E-state index is 3.61. The van der Waals surface area contributed by atoms with Crippen LogP contribution in [-0.2, 0) is 5.41 Å². The van der Waals surface area contributed by atoms with Gasteiger partial charge in [0.15, 0.2) is 0 Å². The summed E-state index contributed by atoms with van der Waals surface area (Å²) in [5.41, 5.74) is 13.2. The Balaban J connectivity index is 1.69. The minimum Gasteiger partial charge on any atom is -0.0619 e. The number of benzene rings is 5. The second-order valence-electron chi connectivity index (χ2n) is 8.62. The number of rotatable bonds is 1. The lowest BCUT2D eigenvalue weighted by molar-refractivity contribution is 0.796. The summed E-state index contributed by atoms with van der Waals surface area (Å²) < 4.78 is 1.10. The monoisotopic (exact) mass is 470 g/mol. The Kier molecular flexibility index (Phi) is 3.72. The maximum atomic E-state index is 3.61. The van der Waals surface area contributed by atoms with Crippen LogP contribution in [-0.4, -0.2) is 0 Å². The molecule has 7 rings (SSSR count). The van der Waals surface area contributed by atoms with E-state index in [0.29, 0.717) is 0 Å². The summed E-state index contributed by atoms with van der Waals surface area (Å²) in [6.45, 7) is 0. The van der Waals surface area contributed by atoms with Gasteiger partial charge in [-0.25, -0.2) is 0 Å². The molecule has 5 aromatic carbocycles. The zero-order valence-electron chi connectivity index (χ0n) is 17.3. The van der Waals surface area contributed by atoms with Gasteiger partial charge in [0.1, 0.15) is 0 Å². The molecule has 0 heterocycles. The van der Waals surface area contributed by atoms with Crippen molar-refractivity contribution in [3.63, 3.8) is 0 Å². The minimum absolute atomic E-state index is 0.303. The SMILES string of the molecule is Brc1ccc(-c2cccc3c2C2(c4ccccc4-c4ccccc42)c2ccccc2-3)cc1. The van der Waals surface area contributed by atoms with Crippen LogP contribution < -0.4 is 0 Å². The minimum atomic E-state index is -0.303. The molecule has 0 bridgehead atoms. The highest BCUT2D eigenvalue weighted by molar-refractivity contribution is 9.10. The average molecular weight is 471 g/mol. The third-order valence-electron chi connectivity index (χ3n) is 7.17. The Morgan fingerprint density at radius 2 is 0.844 bits per heavy atom. The molecule has 0 nitrogen and oxygen atoms in total. The third-order valence-corrected chi connectivity index (χ3v) is 7.70. The lowest BCUT2D eigenvalue weighted by atomic mass is 9.68. The fourth-order valence-corrected chi connectivity index (χ4v) is 6.29. The van der Waals surface area contributed by atoms with Gasteiger partial charge in [-0.15, -0.1) is 0 Å². The molecule has 1 spiro atoms. The molecule has 0 N–H and O–H groups in total. The quantitative estimate of drug-likeness (QED) is 0.225. The summed E-state index contributed by atoms with van der Waals surface area (Å²) in [5, 5.41) is 0. The molecule has 0 radical (unpaired) electrons. The van der Waals surface area contributed by atoms with Gasteiger partial charge in [0.2, 0.25) is 0 Å². The highest BCUT2D eigenvalue weighted by Gasteiger charge is 2.52. The van der Waals surface area contributed by atoms with Crippen molar-refractivity contribution in [2.75, 3.05) is 0 Å². The van der Waals surface area contributed by atoms with Gasteiger partial charge in [0.25, 0.3) is 0 Å². The van der Waals surface area contributed by atoms with Gasteiger partial charge >= 0.3 is 0 Å². The first-order valence-electron chi connectivity index (χ1n) is 11.0. The molecular formula is C31H19Br. The van der Waals surface area contributed by atoms with Crippen molar-refractivity contribution in [3.8, 4) is 33.4 Å². The molecule has 0 saturated heterocycles. The molecule has 2 aliphatic carbocycles. The van der Waals surface area contributed by atoms with Crippen molar-refractivity contribution in [1.29, 1.82) is 0 Å². The van der Waals surface area contributed by atoms with Gasteiger partial charge in [0.05, 0.1) is 5.41 Å². The second kappa shape index (κ2) is 6.54. The summed E-state index contributed by atoms with van der Waals surface area (Å²) in [6, 6.07) is 42.4. The molecule has 0 amide bonds. The van der Waals surface area contributed by atoms with Crippen molar-refractivity contribution < 1.29 is 0 Å². The molecule has 0 unspecified atom stereocenters. The lowest BCUT2D eigenvalue weighted by Crippen LogP contribution is -2.26. The molecule has 32 heavy (non-hydrogen) atoms. The van der Waals surface area contributed by atoms with Crippen LogP contribution in [0.25, 0.3) is 33.4 Å². The topological polar surface area (TPSA) is 0 Å². The van der Waals surface area contributed by atoms with Gasteiger partial charge in [-0.1, -0.05) is 119 Å². The van der Waals surface area contributed by atoms with Gasteiger partial charge < -0.3 is 0 Å². The van der Waals surface area contributed by atoms with E-state index in [1.54, 1.807) is 0 Å². The maximum Gasteiger partial charge on any atom is 0.0731 e. The third kappa shape index (κ3) is 2.17. The van der Waals surface area contributed by atoms with Gasteiger partial charge in [-0.2, -0.15) is 0 Å². The van der Waals surface area contributed by atoms with E-state index in [0.717, 1.165) is 4.47 Å². The van der Waals surface area contributed by atoms with E-state index in [9.17, 15) is 0 Å². The largest absolute Gasteiger partial charge is 0.0731 e. The number of fused-ring (bicyclic) bond motifs is 10. The zero-order valence-corrected chi connectivity index (χ0v) is 18.9. The smallest absolute Gasteiger partial charge is 0.0619 e. The predicted octanol–water partition coefficient (Wildman–Crippen LogP) is 8.46. The second-order valence-corrected chi connectivity index (χ2v) is 9.54. The number of halogens is 1. The van der Waals surface area contributed by atoms with Crippen molar-refractivity contribution in [1.82, 2.24) is 0 Å². The van der Waals surface area contributed by atoms with E-state index >= 15 is 0 Å². The van der Waals surface area contributed by atoms with E-state index in [1.807, 2.05) is 0 Å². The molecule has 0 atom stereocenters. The Bertz CT molecular complexity index is 1460. The summed E-state index contributed by atoms with van der Waals surface area (Å²) in [5.74, 6) is 0. The van der Waals surface area contributed by atoms with E-state index in [2.05, 4.69) is 131 Å². The summed E-state index contributed by atoms with van der Waals surface area (Å²) in [7, 11) is 0. The lowest BCUT2D eigenvalue weighted by Gasteiger charge is -2.32. The van der Waals surface area contributed by atoms with Gasteiger partial charge in [-0.3, -0.25) is 0 Å². The summed E-state index contributed by atoms with van der Waals surface area (Å²) in [6.07, 6.45) is 0. The van der Waals surface area contributed by atoms with Gasteiger partial charge in [-0.05, 0) is 67.8 Å². The predicted molar refractivity (Wildman–Crippen MR) is 136 cm³/mol. The van der Waals surface area contributed by atoms with Crippen LogP contribution in [0.4, 0.5) is 0 Å². The molecule has 5 aromatic rings. The average Bonchev–Trinajstić information content (AvgIpc) is 3.32. The van der Waals surface area contributed by atoms with Crippen LogP contribution in [0.1, 0.15) is 22.3 Å². The van der Waals surface area contributed by atoms with Crippen LogP contribution in [0.15, 0.2) is 120 Å². The van der Waals surface area contributed by atoms with E-state index in [1.165, 1.54) is 55.6 Å². The van der Waals surface area contributed by atoms with Crippen LogP contribution >= 0.6 is 15.9 Å². The van der Waals surface area contributed by atoms with E-state index in [4.69, 9.17) is 0 Å². The Hall–Kier alpha value is -3.42. The van der Waals surface area contributed by atoms with Crippen LogP contribution in [0.2, 0.25) is 0 Å². The number of hydrogen-bond acceptors (Lipinski definition) is 0. The molecule has 150 valence electrons. The first-order valence-corrected chi connectivity index (χ1v) is 11.8. The zero-order chi connectivity index (χ0) is 21.3. The highest BCUT2D eigenvalue weighted by Crippen LogP contribution is 2.64. The molecule has 0 aliphatic heterocycles. The Morgan fingerprint density at radius 1 is 0.406 bits per heavy atom. The normalized spacial score (nSPS) is 14.0. The first-order chi connectivity index (χ1) is 15.8. The highest BCUT2D eigenvalue weighted by atomic mass is 79.9. The molecule has 2 aliphatic rings. The van der Waals surface area contributed by atoms with E-state index < -0.39 is 0 Å². The Morgan fingerprint density at radius 3 is 1.41 bits per heavy atom. The summed E-state index contributed by atoms with van der Waals surface area (Å²) in [4.78, 5) is 0. The van der Waals surface area contributed by atoms with Crippen molar-refractivity contribution in [2.45, 2.75) is 5.41 Å². The van der Waals surface area contributed by atoms with Crippen LogP contribution in [0, 0.1) is 0 Å². The fraction of sp³-hybridized carbons (Fsp3) is 0.0323. The fourth-order valence-electron chi connectivity index (χ4n) is 6.03. The van der Waals surface area contributed by atoms with E-state index in [-0.39, 0.29) is 5.41 Å². The van der Waals surface area contributed by atoms with Crippen LogP contribution in [0.5, 0.6) is 0 Å². The molecule has 0 saturated carbocycles. The summed E-state index contributed by atoms with van der Waals surface area (Å²) >= 11 is 3.61. The number of hydrogen-bond donors (Lipinski definition) is 0. The molecule has 1 heteroatoms. The van der Waals surface area contributed by atoms with Gasteiger partial charge in [0, 0.05) is 4.47 Å². The molecular weight excluding hydrogens is 452 g/mol. The van der Waals surface area contributed by atoms with Crippen molar-refractivity contribution >= 4 is 15.9 Å². The standard InChI is InChI=1S/C31H19Br/c32-21-18-16-20(17-19-21)22-11-7-12-26-25-10-3-6-15-29(25)31(30(22)26)27-13-4-1-8-23(27)24-9-2-5-14-28(24)31/h1-19H. The molecule has 0 aromatic heterocycles. The Labute approximate surface area is 196 Å². The van der Waals surface area contributed by atoms with Crippen molar-refractivity contribution in [3.05, 3.63) is 142 Å². The first kappa shape index (κ1) is 18.2. The molecule has 0 fully saturated rings. The van der Waals surface area contributed by atoms with Crippen LogP contribution in [0.3, 0.4) is 0 Å². The van der Waals surface area contributed by atoms with Crippen molar-refractivity contribution in [2.24, 2.45) is 0 Å².